The standard InChI is InChI=1S/C26H30N6O/c1-16(2)13-28-24-25-29-14-23(18-3-5-19(6-4-18)26(33)30-21-11-12-21)32(25)15-22(31-24)17-7-9-20(27)10-8-17/h3-10,14,16,21-22H,11-13,15,27H2,1-2H3,(H,28,31)(H,30,33). The zero-order valence-electron chi connectivity index (χ0n) is 19.1. The van der Waals surface area contributed by atoms with Crippen LogP contribution in [0.2, 0.25) is 0 Å². The first kappa shape index (κ1) is 21.2. The predicted octanol–water partition coefficient (Wildman–Crippen LogP) is 3.77. The van der Waals surface area contributed by atoms with E-state index in [0.717, 1.165) is 60.1 Å². The van der Waals surface area contributed by atoms with E-state index in [0.29, 0.717) is 17.5 Å². The second-order valence-electron chi connectivity index (χ2n) is 9.35. The van der Waals surface area contributed by atoms with Gasteiger partial charge in [-0.25, -0.2) is 4.98 Å². The maximum Gasteiger partial charge on any atom is 0.251 e. The molecular formula is C26H30N6O. The molecule has 7 heteroatoms. The Morgan fingerprint density at radius 1 is 1.18 bits per heavy atom. The molecule has 33 heavy (non-hydrogen) atoms. The summed E-state index contributed by atoms with van der Waals surface area (Å²) in [4.78, 5) is 21.9. The van der Waals surface area contributed by atoms with E-state index in [-0.39, 0.29) is 11.9 Å². The fraction of sp³-hybridized carbons (Fsp3) is 0.346. The molecular weight excluding hydrogens is 412 g/mol. The number of aromatic nitrogens is 2. The Bertz CT molecular complexity index is 1170. The van der Waals surface area contributed by atoms with Crippen molar-refractivity contribution >= 4 is 17.4 Å². The van der Waals surface area contributed by atoms with Crippen molar-refractivity contribution in [3.8, 4) is 11.3 Å². The Morgan fingerprint density at radius 3 is 2.58 bits per heavy atom. The van der Waals surface area contributed by atoms with Crippen LogP contribution in [0.3, 0.4) is 0 Å². The fourth-order valence-corrected chi connectivity index (χ4v) is 4.03. The Kier molecular flexibility index (Phi) is 5.62. The third-order valence-electron chi connectivity index (χ3n) is 6.05. The highest BCUT2D eigenvalue weighted by atomic mass is 16.1. The van der Waals surface area contributed by atoms with E-state index in [9.17, 15) is 4.79 Å². The lowest BCUT2D eigenvalue weighted by atomic mass is 10.0. The lowest BCUT2D eigenvalue weighted by Gasteiger charge is -2.29. The fourth-order valence-electron chi connectivity index (χ4n) is 4.03. The molecule has 0 spiro atoms. The van der Waals surface area contributed by atoms with Gasteiger partial charge in [-0.05, 0) is 54.2 Å². The van der Waals surface area contributed by atoms with Gasteiger partial charge < -0.3 is 20.9 Å². The van der Waals surface area contributed by atoms with Crippen LogP contribution in [-0.4, -0.2) is 33.9 Å². The molecule has 1 fully saturated rings. The van der Waals surface area contributed by atoms with Gasteiger partial charge in [0.05, 0.1) is 17.9 Å². The van der Waals surface area contributed by atoms with Crippen molar-refractivity contribution in [2.24, 2.45) is 10.9 Å². The van der Waals surface area contributed by atoms with Crippen LogP contribution < -0.4 is 16.4 Å². The number of nitrogens with one attached hydrogen (secondary N) is 2. The smallest absolute Gasteiger partial charge is 0.251 e. The van der Waals surface area contributed by atoms with Crippen LogP contribution in [0.5, 0.6) is 0 Å². The first-order valence-electron chi connectivity index (χ1n) is 11.6. The Hall–Kier alpha value is -3.61. The van der Waals surface area contributed by atoms with Crippen LogP contribution in [-0.2, 0) is 6.54 Å². The third kappa shape index (κ3) is 4.62. The van der Waals surface area contributed by atoms with E-state index >= 15 is 0 Å². The zero-order chi connectivity index (χ0) is 22.9. The topological polar surface area (TPSA) is 97.3 Å². The zero-order valence-corrected chi connectivity index (χ0v) is 19.1. The van der Waals surface area contributed by atoms with Gasteiger partial charge >= 0.3 is 0 Å². The van der Waals surface area contributed by atoms with Gasteiger partial charge in [0.25, 0.3) is 5.91 Å². The maximum absolute atomic E-state index is 12.4. The van der Waals surface area contributed by atoms with Crippen molar-refractivity contribution in [2.45, 2.75) is 45.3 Å². The second kappa shape index (κ2) is 8.73. The lowest BCUT2D eigenvalue weighted by molar-refractivity contribution is 0.0951. The van der Waals surface area contributed by atoms with E-state index in [1.807, 2.05) is 42.6 Å². The lowest BCUT2D eigenvalue weighted by Crippen LogP contribution is -2.40. The molecule has 1 unspecified atom stereocenters. The van der Waals surface area contributed by atoms with Crippen LogP contribution in [0, 0.1) is 5.92 Å². The number of fused-ring (bicyclic) bond motifs is 1. The van der Waals surface area contributed by atoms with Crippen LogP contribution in [0.15, 0.2) is 59.7 Å². The van der Waals surface area contributed by atoms with Gasteiger partial charge in [0.15, 0.2) is 11.7 Å². The highest BCUT2D eigenvalue weighted by molar-refractivity contribution is 5.98. The number of nitrogens with two attached hydrogens (primary N) is 1. The van der Waals surface area contributed by atoms with E-state index in [2.05, 4.69) is 41.2 Å². The van der Waals surface area contributed by atoms with Crippen molar-refractivity contribution in [2.75, 3.05) is 12.3 Å². The number of amides is 1. The molecule has 1 aliphatic carbocycles. The number of hydrogen-bond acceptors (Lipinski definition) is 4. The van der Waals surface area contributed by atoms with Crippen LogP contribution in [0.4, 0.5) is 5.69 Å². The molecule has 0 radical (unpaired) electrons. The molecule has 2 aromatic carbocycles. The average molecular weight is 443 g/mol. The Labute approximate surface area is 194 Å². The summed E-state index contributed by atoms with van der Waals surface area (Å²) in [5.74, 6) is 2.10. The normalized spacial score (nSPS) is 18.8. The highest BCUT2D eigenvalue weighted by Crippen LogP contribution is 2.29. The molecule has 170 valence electrons. The first-order chi connectivity index (χ1) is 16.0. The highest BCUT2D eigenvalue weighted by Gasteiger charge is 2.28. The number of hydrogen-bond donors (Lipinski definition) is 3. The number of anilines is 1. The summed E-state index contributed by atoms with van der Waals surface area (Å²) in [6.45, 7) is 5.76. The van der Waals surface area contributed by atoms with Crippen molar-refractivity contribution in [1.29, 1.82) is 0 Å². The summed E-state index contributed by atoms with van der Waals surface area (Å²) in [5.41, 5.74) is 10.5. The maximum atomic E-state index is 12.4. The molecule has 2 heterocycles. The SMILES string of the molecule is CC(C)CN=C1NC(c2ccc(N)cc2)Cn2c(-c3ccc(C(=O)NC4CC4)cc3)cnc21. The van der Waals surface area contributed by atoms with Gasteiger partial charge in [0.2, 0.25) is 0 Å². The summed E-state index contributed by atoms with van der Waals surface area (Å²) in [6.07, 6.45) is 4.05. The number of carbonyl (C=O) groups excluding carboxylic acids is 1. The summed E-state index contributed by atoms with van der Waals surface area (Å²) in [5, 5.41) is 6.63. The van der Waals surface area contributed by atoms with E-state index in [1.54, 1.807) is 0 Å². The number of rotatable bonds is 6. The molecule has 0 bridgehead atoms. The van der Waals surface area contributed by atoms with E-state index in [4.69, 9.17) is 15.7 Å². The molecule has 3 aromatic rings. The van der Waals surface area contributed by atoms with Gasteiger partial charge in [-0.2, -0.15) is 0 Å². The molecule has 1 aliphatic heterocycles. The minimum Gasteiger partial charge on any atom is -0.399 e. The molecule has 1 amide bonds. The molecule has 5 rings (SSSR count). The number of nitrogen functional groups attached to an aromatic ring is 1. The van der Waals surface area contributed by atoms with E-state index in [1.165, 1.54) is 0 Å². The van der Waals surface area contributed by atoms with Crippen LogP contribution >= 0.6 is 0 Å². The van der Waals surface area contributed by atoms with Crippen molar-refractivity contribution in [3.63, 3.8) is 0 Å². The largest absolute Gasteiger partial charge is 0.399 e. The van der Waals surface area contributed by atoms with Crippen molar-refractivity contribution < 1.29 is 4.79 Å². The first-order valence-corrected chi connectivity index (χ1v) is 11.6. The van der Waals surface area contributed by atoms with Crippen molar-refractivity contribution in [1.82, 2.24) is 20.2 Å². The minimum atomic E-state index is -0.00455. The summed E-state index contributed by atoms with van der Waals surface area (Å²) in [6, 6.07) is 16.1. The number of nitrogens with zero attached hydrogens (tertiary/aromatic N) is 3. The third-order valence-corrected chi connectivity index (χ3v) is 6.05. The van der Waals surface area contributed by atoms with Gasteiger partial charge in [-0.1, -0.05) is 38.1 Å². The Morgan fingerprint density at radius 2 is 1.91 bits per heavy atom. The average Bonchev–Trinajstić information content (AvgIpc) is 3.53. The van der Waals surface area contributed by atoms with Crippen molar-refractivity contribution in [3.05, 3.63) is 71.7 Å². The molecule has 1 aromatic heterocycles. The molecule has 7 nitrogen and oxygen atoms in total. The number of aliphatic imine (C=N–C) groups is 1. The van der Waals surface area contributed by atoms with Gasteiger partial charge in [0, 0.05) is 30.4 Å². The Balaban J connectivity index is 1.47. The van der Waals surface area contributed by atoms with Gasteiger partial charge in [0.1, 0.15) is 0 Å². The number of amidine groups is 1. The quantitative estimate of drug-likeness (QED) is 0.506. The number of carbonyl (C=O) groups is 1. The summed E-state index contributed by atoms with van der Waals surface area (Å²) < 4.78 is 2.22. The molecule has 2 aliphatic rings. The number of imidazole rings is 1. The van der Waals surface area contributed by atoms with Gasteiger partial charge in [-0.3, -0.25) is 9.79 Å². The molecule has 4 N–H and O–H groups in total. The second-order valence-corrected chi connectivity index (χ2v) is 9.35. The molecule has 1 atom stereocenters. The van der Waals surface area contributed by atoms with Crippen LogP contribution in [0.25, 0.3) is 11.3 Å². The number of benzene rings is 2. The minimum absolute atomic E-state index is 0.00455. The predicted molar refractivity (Wildman–Crippen MR) is 131 cm³/mol. The van der Waals surface area contributed by atoms with Gasteiger partial charge in [-0.15, -0.1) is 0 Å². The van der Waals surface area contributed by atoms with Crippen LogP contribution in [0.1, 0.15) is 54.5 Å². The summed E-state index contributed by atoms with van der Waals surface area (Å²) >= 11 is 0. The molecule has 0 saturated heterocycles. The molecule has 1 saturated carbocycles. The van der Waals surface area contributed by atoms with E-state index < -0.39 is 0 Å². The summed E-state index contributed by atoms with van der Waals surface area (Å²) in [7, 11) is 0. The monoisotopic (exact) mass is 442 g/mol.